The molecule has 0 N–H and O–H groups in total. The first-order chi connectivity index (χ1) is 7.70. The van der Waals surface area contributed by atoms with Gasteiger partial charge in [0.05, 0.1) is 18.9 Å². The van der Waals surface area contributed by atoms with Crippen LogP contribution in [0.3, 0.4) is 0 Å². The van der Waals surface area contributed by atoms with Gasteiger partial charge in [-0.1, -0.05) is 0 Å². The average Bonchev–Trinajstić information content (AvgIpc) is 2.62. The molecule has 4 heteroatoms. The summed E-state index contributed by atoms with van der Waals surface area (Å²) < 4.78 is 7.32. The molecule has 1 aliphatic rings. The summed E-state index contributed by atoms with van der Waals surface area (Å²) in [5, 5.41) is 4.38. The van der Waals surface area contributed by atoms with Crippen molar-refractivity contribution in [3.05, 3.63) is 17.5 Å². The minimum absolute atomic E-state index is 0.0233. The van der Waals surface area contributed by atoms with E-state index in [-0.39, 0.29) is 5.92 Å². The van der Waals surface area contributed by atoms with Crippen LogP contribution in [-0.2, 0) is 22.5 Å². The van der Waals surface area contributed by atoms with E-state index in [0.717, 1.165) is 24.4 Å². The second kappa shape index (κ2) is 4.78. The molecule has 4 nitrogen and oxygen atoms in total. The predicted octanol–water partition coefficient (Wildman–Crippen LogP) is 1.36. The standard InChI is InChI=1S/C12H18N2O2/c1-3-14-11(6-9(2)13-14)7-10-8-16-5-4-12(10)15/h6,10H,3-5,7-8H2,1-2H3. The normalized spacial score (nSPS) is 21.4. The highest BCUT2D eigenvalue weighted by Crippen LogP contribution is 2.16. The van der Waals surface area contributed by atoms with Gasteiger partial charge in [0, 0.05) is 31.0 Å². The van der Waals surface area contributed by atoms with Crippen LogP contribution in [0.1, 0.15) is 24.7 Å². The average molecular weight is 222 g/mol. The van der Waals surface area contributed by atoms with Crippen LogP contribution in [0.4, 0.5) is 0 Å². The summed E-state index contributed by atoms with van der Waals surface area (Å²) in [6.07, 6.45) is 1.32. The maximum absolute atomic E-state index is 11.7. The highest BCUT2D eigenvalue weighted by Gasteiger charge is 2.24. The molecule has 0 aromatic carbocycles. The number of carbonyl (C=O) groups is 1. The van der Waals surface area contributed by atoms with E-state index in [0.29, 0.717) is 25.4 Å². The molecule has 2 rings (SSSR count). The zero-order valence-corrected chi connectivity index (χ0v) is 9.90. The molecule has 1 atom stereocenters. The number of Topliss-reactive ketones (excluding diaryl/α,β-unsaturated/α-hetero) is 1. The molecule has 2 heterocycles. The Morgan fingerprint density at radius 1 is 1.62 bits per heavy atom. The van der Waals surface area contributed by atoms with Crippen molar-refractivity contribution in [3.63, 3.8) is 0 Å². The highest BCUT2D eigenvalue weighted by atomic mass is 16.5. The van der Waals surface area contributed by atoms with Crippen LogP contribution in [-0.4, -0.2) is 28.8 Å². The number of aromatic nitrogens is 2. The topological polar surface area (TPSA) is 44.1 Å². The van der Waals surface area contributed by atoms with Crippen molar-refractivity contribution in [2.75, 3.05) is 13.2 Å². The molecule has 1 saturated heterocycles. The Kier molecular flexibility index (Phi) is 3.39. The van der Waals surface area contributed by atoms with E-state index < -0.39 is 0 Å². The van der Waals surface area contributed by atoms with Gasteiger partial charge in [-0.05, 0) is 19.9 Å². The summed E-state index contributed by atoms with van der Waals surface area (Å²) in [6.45, 7) is 6.04. The van der Waals surface area contributed by atoms with E-state index in [4.69, 9.17) is 4.74 Å². The van der Waals surface area contributed by atoms with Crippen molar-refractivity contribution < 1.29 is 9.53 Å². The third-order valence-electron chi connectivity index (χ3n) is 3.01. The second-order valence-electron chi connectivity index (χ2n) is 4.29. The minimum Gasteiger partial charge on any atom is -0.380 e. The molecule has 16 heavy (non-hydrogen) atoms. The van der Waals surface area contributed by atoms with Crippen LogP contribution in [0.2, 0.25) is 0 Å². The fraction of sp³-hybridized carbons (Fsp3) is 0.667. The van der Waals surface area contributed by atoms with Crippen LogP contribution in [0.15, 0.2) is 6.07 Å². The van der Waals surface area contributed by atoms with Crippen LogP contribution >= 0.6 is 0 Å². The Hall–Kier alpha value is -1.16. The van der Waals surface area contributed by atoms with Crippen LogP contribution in [0.5, 0.6) is 0 Å². The van der Waals surface area contributed by atoms with Gasteiger partial charge in [-0.2, -0.15) is 5.10 Å². The van der Waals surface area contributed by atoms with E-state index in [2.05, 4.69) is 18.1 Å². The first kappa shape index (κ1) is 11.3. The summed E-state index contributed by atoms with van der Waals surface area (Å²) >= 11 is 0. The lowest BCUT2D eigenvalue weighted by molar-refractivity contribution is -0.130. The van der Waals surface area contributed by atoms with Gasteiger partial charge in [0.25, 0.3) is 0 Å². The summed E-state index contributed by atoms with van der Waals surface area (Å²) in [4.78, 5) is 11.7. The number of ether oxygens (including phenoxy) is 1. The fourth-order valence-electron chi connectivity index (χ4n) is 2.16. The molecule has 0 saturated carbocycles. The Balaban J connectivity index is 2.09. The summed E-state index contributed by atoms with van der Waals surface area (Å²) in [5.74, 6) is 0.350. The molecule has 0 bridgehead atoms. The molecule has 1 aromatic heterocycles. The predicted molar refractivity (Wildman–Crippen MR) is 60.3 cm³/mol. The second-order valence-corrected chi connectivity index (χ2v) is 4.29. The molecule has 1 aromatic rings. The van der Waals surface area contributed by atoms with E-state index in [9.17, 15) is 4.79 Å². The van der Waals surface area contributed by atoms with Crippen molar-refractivity contribution >= 4 is 5.78 Å². The number of hydrogen-bond acceptors (Lipinski definition) is 3. The molecule has 88 valence electrons. The van der Waals surface area contributed by atoms with Crippen molar-refractivity contribution in [2.45, 2.75) is 33.2 Å². The molecule has 0 radical (unpaired) electrons. The minimum atomic E-state index is 0.0233. The molecule has 1 aliphatic heterocycles. The number of ketones is 1. The molecule has 0 spiro atoms. The SMILES string of the molecule is CCn1nc(C)cc1CC1COCCC1=O. The van der Waals surface area contributed by atoms with Crippen molar-refractivity contribution in [1.82, 2.24) is 9.78 Å². The third kappa shape index (κ3) is 2.32. The fourth-order valence-corrected chi connectivity index (χ4v) is 2.16. The smallest absolute Gasteiger partial charge is 0.140 e. The van der Waals surface area contributed by atoms with Gasteiger partial charge >= 0.3 is 0 Å². The van der Waals surface area contributed by atoms with Crippen molar-refractivity contribution in [3.8, 4) is 0 Å². The largest absolute Gasteiger partial charge is 0.380 e. The number of aryl methyl sites for hydroxylation is 2. The van der Waals surface area contributed by atoms with E-state index in [1.54, 1.807) is 0 Å². The van der Waals surface area contributed by atoms with E-state index >= 15 is 0 Å². The molecule has 1 unspecified atom stereocenters. The molecule has 0 aliphatic carbocycles. The van der Waals surface area contributed by atoms with Crippen LogP contribution < -0.4 is 0 Å². The van der Waals surface area contributed by atoms with Crippen LogP contribution in [0, 0.1) is 12.8 Å². The van der Waals surface area contributed by atoms with Crippen molar-refractivity contribution in [2.24, 2.45) is 5.92 Å². The molecule has 1 fully saturated rings. The summed E-state index contributed by atoms with van der Waals surface area (Å²) in [6, 6.07) is 2.06. The number of carbonyl (C=O) groups excluding carboxylic acids is 1. The number of rotatable bonds is 3. The van der Waals surface area contributed by atoms with Gasteiger partial charge in [0.2, 0.25) is 0 Å². The van der Waals surface area contributed by atoms with Gasteiger partial charge in [0.1, 0.15) is 5.78 Å². The summed E-state index contributed by atoms with van der Waals surface area (Å²) in [7, 11) is 0. The van der Waals surface area contributed by atoms with Crippen molar-refractivity contribution in [1.29, 1.82) is 0 Å². The van der Waals surface area contributed by atoms with Gasteiger partial charge in [0.15, 0.2) is 0 Å². The van der Waals surface area contributed by atoms with Gasteiger partial charge in [-0.15, -0.1) is 0 Å². The maximum atomic E-state index is 11.7. The van der Waals surface area contributed by atoms with Gasteiger partial charge < -0.3 is 4.74 Å². The van der Waals surface area contributed by atoms with E-state index in [1.807, 2.05) is 11.6 Å². The first-order valence-corrected chi connectivity index (χ1v) is 5.84. The Bertz CT molecular complexity index is 384. The van der Waals surface area contributed by atoms with Gasteiger partial charge in [-0.3, -0.25) is 9.48 Å². The Morgan fingerprint density at radius 2 is 2.44 bits per heavy atom. The first-order valence-electron chi connectivity index (χ1n) is 5.84. The summed E-state index contributed by atoms with van der Waals surface area (Å²) in [5.41, 5.74) is 2.16. The lowest BCUT2D eigenvalue weighted by atomic mass is 9.95. The lowest BCUT2D eigenvalue weighted by Crippen LogP contribution is -2.29. The monoisotopic (exact) mass is 222 g/mol. The Morgan fingerprint density at radius 3 is 3.12 bits per heavy atom. The number of hydrogen-bond donors (Lipinski definition) is 0. The van der Waals surface area contributed by atoms with E-state index in [1.165, 1.54) is 0 Å². The zero-order chi connectivity index (χ0) is 11.5. The van der Waals surface area contributed by atoms with Crippen LogP contribution in [0.25, 0.3) is 0 Å². The number of nitrogens with zero attached hydrogens (tertiary/aromatic N) is 2. The van der Waals surface area contributed by atoms with Gasteiger partial charge in [-0.25, -0.2) is 0 Å². The highest BCUT2D eigenvalue weighted by molar-refractivity contribution is 5.82. The molecular formula is C12H18N2O2. The quantitative estimate of drug-likeness (QED) is 0.775. The third-order valence-corrected chi connectivity index (χ3v) is 3.01. The molecule has 0 amide bonds. The molecular weight excluding hydrogens is 204 g/mol. The lowest BCUT2D eigenvalue weighted by Gasteiger charge is -2.20. The maximum Gasteiger partial charge on any atom is 0.140 e. The Labute approximate surface area is 95.6 Å². The zero-order valence-electron chi connectivity index (χ0n) is 9.90.